The van der Waals surface area contributed by atoms with Crippen molar-refractivity contribution in [3.8, 4) is 11.5 Å². The third kappa shape index (κ3) is 1.12. The Balaban J connectivity index is 2.46. The minimum Gasteiger partial charge on any atom is -0.463 e. The number of hydrogen-bond acceptors (Lipinski definition) is 3. The van der Waals surface area contributed by atoms with Gasteiger partial charge in [0.15, 0.2) is 5.76 Å². The summed E-state index contributed by atoms with van der Waals surface area (Å²) in [6, 6.07) is 5.50. The van der Waals surface area contributed by atoms with E-state index in [1.54, 1.807) is 18.5 Å². The lowest BCUT2D eigenvalue weighted by Gasteiger charge is -1.91. The fourth-order valence-corrected chi connectivity index (χ4v) is 0.861. The molecule has 3 nitrogen and oxygen atoms in total. The van der Waals surface area contributed by atoms with Gasteiger partial charge in [-0.25, -0.2) is 9.97 Å². The van der Waals surface area contributed by atoms with E-state index in [-0.39, 0.29) is 0 Å². The second-order valence-corrected chi connectivity index (χ2v) is 2.07. The Bertz CT molecular complexity index is 315. The van der Waals surface area contributed by atoms with Gasteiger partial charge >= 0.3 is 0 Å². The monoisotopic (exact) mass is 146 g/mol. The molecule has 2 aromatic heterocycles. The van der Waals surface area contributed by atoms with E-state index in [0.29, 0.717) is 0 Å². The highest BCUT2D eigenvalue weighted by Gasteiger charge is 1.98. The Morgan fingerprint density at radius 3 is 2.91 bits per heavy atom. The predicted molar refractivity (Wildman–Crippen MR) is 39.7 cm³/mol. The first kappa shape index (κ1) is 6.09. The molecule has 2 aromatic rings. The number of rotatable bonds is 1. The van der Waals surface area contributed by atoms with Crippen LogP contribution in [0, 0.1) is 0 Å². The molecule has 0 amide bonds. The molecule has 0 bridgehead atoms. The molecule has 0 atom stereocenters. The third-order valence-electron chi connectivity index (χ3n) is 1.36. The molecule has 2 heterocycles. The Labute approximate surface area is 63.7 Å². The molecule has 0 aliphatic heterocycles. The highest BCUT2D eigenvalue weighted by atomic mass is 16.3. The fraction of sp³-hybridized carbons (Fsp3) is 0. The molecule has 0 saturated carbocycles. The van der Waals surface area contributed by atoms with Gasteiger partial charge in [0.1, 0.15) is 12.0 Å². The lowest BCUT2D eigenvalue weighted by atomic mass is 10.3. The zero-order chi connectivity index (χ0) is 7.52. The average Bonchev–Trinajstić information content (AvgIpc) is 2.58. The summed E-state index contributed by atoms with van der Waals surface area (Å²) in [5.74, 6) is 0.771. The maximum Gasteiger partial charge on any atom is 0.152 e. The molecule has 0 saturated heterocycles. The van der Waals surface area contributed by atoms with Gasteiger partial charge in [0, 0.05) is 6.20 Å². The standard InChI is InChI=1S/C8H6N2O/c1-2-8(11-5-1)7-3-4-9-6-10-7/h1-6H. The molecule has 0 N–H and O–H groups in total. The second-order valence-electron chi connectivity index (χ2n) is 2.07. The summed E-state index contributed by atoms with van der Waals surface area (Å²) in [6.07, 6.45) is 4.81. The summed E-state index contributed by atoms with van der Waals surface area (Å²) < 4.78 is 5.13. The molecule has 0 fully saturated rings. The first-order valence-corrected chi connectivity index (χ1v) is 3.27. The molecule has 3 heteroatoms. The predicted octanol–water partition coefficient (Wildman–Crippen LogP) is 1.74. The molecular weight excluding hydrogens is 140 g/mol. The van der Waals surface area contributed by atoms with Crippen molar-refractivity contribution >= 4 is 0 Å². The maximum atomic E-state index is 5.13. The molecular formula is C8H6N2O. The smallest absolute Gasteiger partial charge is 0.152 e. The van der Waals surface area contributed by atoms with Crippen LogP contribution in [0.3, 0.4) is 0 Å². The van der Waals surface area contributed by atoms with Crippen LogP contribution < -0.4 is 0 Å². The van der Waals surface area contributed by atoms with E-state index in [0.717, 1.165) is 11.5 Å². The van der Waals surface area contributed by atoms with Crippen molar-refractivity contribution in [2.45, 2.75) is 0 Å². The molecule has 0 radical (unpaired) electrons. The van der Waals surface area contributed by atoms with E-state index in [4.69, 9.17) is 4.42 Å². The largest absolute Gasteiger partial charge is 0.463 e. The fourth-order valence-electron chi connectivity index (χ4n) is 0.861. The first-order valence-electron chi connectivity index (χ1n) is 3.27. The van der Waals surface area contributed by atoms with Gasteiger partial charge in [-0.3, -0.25) is 0 Å². The highest BCUT2D eigenvalue weighted by molar-refractivity contribution is 5.50. The first-order chi connectivity index (χ1) is 5.47. The summed E-state index contributed by atoms with van der Waals surface area (Å²) in [4.78, 5) is 7.82. The molecule has 0 aromatic carbocycles. The maximum absolute atomic E-state index is 5.13. The molecule has 2 rings (SSSR count). The topological polar surface area (TPSA) is 38.9 Å². The van der Waals surface area contributed by atoms with Crippen LogP contribution in [-0.2, 0) is 0 Å². The van der Waals surface area contributed by atoms with Gasteiger partial charge in [-0.1, -0.05) is 0 Å². The molecule has 54 valence electrons. The second kappa shape index (κ2) is 2.54. The van der Waals surface area contributed by atoms with Gasteiger partial charge in [-0.15, -0.1) is 0 Å². The van der Waals surface area contributed by atoms with Crippen molar-refractivity contribution in [3.05, 3.63) is 37.0 Å². The van der Waals surface area contributed by atoms with Crippen molar-refractivity contribution in [2.75, 3.05) is 0 Å². The van der Waals surface area contributed by atoms with Crippen molar-refractivity contribution in [2.24, 2.45) is 0 Å². The summed E-state index contributed by atoms with van der Waals surface area (Å²) in [5.41, 5.74) is 0.810. The molecule has 0 unspecified atom stereocenters. The van der Waals surface area contributed by atoms with Crippen LogP contribution in [0.2, 0.25) is 0 Å². The number of nitrogens with zero attached hydrogens (tertiary/aromatic N) is 2. The van der Waals surface area contributed by atoms with E-state index in [9.17, 15) is 0 Å². The zero-order valence-electron chi connectivity index (χ0n) is 5.77. The van der Waals surface area contributed by atoms with Crippen molar-refractivity contribution in [1.29, 1.82) is 0 Å². The normalized spacial score (nSPS) is 9.82. The molecule has 0 spiro atoms. The van der Waals surface area contributed by atoms with Gasteiger partial charge in [0.2, 0.25) is 0 Å². The number of aromatic nitrogens is 2. The summed E-state index contributed by atoms with van der Waals surface area (Å²) in [6.45, 7) is 0. The van der Waals surface area contributed by atoms with E-state index in [1.807, 2.05) is 12.1 Å². The van der Waals surface area contributed by atoms with Gasteiger partial charge < -0.3 is 4.42 Å². The minimum absolute atomic E-state index is 0.771. The Kier molecular flexibility index (Phi) is 1.41. The Morgan fingerprint density at radius 1 is 1.27 bits per heavy atom. The van der Waals surface area contributed by atoms with Gasteiger partial charge in [-0.05, 0) is 18.2 Å². The van der Waals surface area contributed by atoms with Crippen LogP contribution >= 0.6 is 0 Å². The van der Waals surface area contributed by atoms with Crippen molar-refractivity contribution in [3.63, 3.8) is 0 Å². The summed E-state index contributed by atoms with van der Waals surface area (Å²) in [7, 11) is 0. The Hall–Kier alpha value is -1.64. The van der Waals surface area contributed by atoms with Crippen LogP contribution in [-0.4, -0.2) is 9.97 Å². The van der Waals surface area contributed by atoms with Gasteiger partial charge in [-0.2, -0.15) is 0 Å². The van der Waals surface area contributed by atoms with Crippen LogP contribution in [0.25, 0.3) is 11.5 Å². The van der Waals surface area contributed by atoms with E-state index >= 15 is 0 Å². The summed E-state index contributed by atoms with van der Waals surface area (Å²) in [5, 5.41) is 0. The van der Waals surface area contributed by atoms with Crippen LogP contribution in [0.15, 0.2) is 41.4 Å². The van der Waals surface area contributed by atoms with Crippen molar-refractivity contribution in [1.82, 2.24) is 9.97 Å². The summed E-state index contributed by atoms with van der Waals surface area (Å²) >= 11 is 0. The molecule has 0 aliphatic carbocycles. The third-order valence-corrected chi connectivity index (χ3v) is 1.36. The minimum atomic E-state index is 0.771. The van der Waals surface area contributed by atoms with Gasteiger partial charge in [0.05, 0.1) is 6.26 Å². The lowest BCUT2D eigenvalue weighted by Crippen LogP contribution is -1.79. The molecule has 0 aliphatic rings. The number of furan rings is 1. The van der Waals surface area contributed by atoms with Crippen LogP contribution in [0.5, 0.6) is 0 Å². The van der Waals surface area contributed by atoms with Crippen LogP contribution in [0.1, 0.15) is 0 Å². The van der Waals surface area contributed by atoms with E-state index < -0.39 is 0 Å². The highest BCUT2D eigenvalue weighted by Crippen LogP contribution is 2.14. The number of hydrogen-bond donors (Lipinski definition) is 0. The zero-order valence-corrected chi connectivity index (χ0v) is 5.77. The quantitative estimate of drug-likeness (QED) is 0.615. The van der Waals surface area contributed by atoms with E-state index in [1.165, 1.54) is 6.33 Å². The van der Waals surface area contributed by atoms with E-state index in [2.05, 4.69) is 9.97 Å². The Morgan fingerprint density at radius 2 is 2.27 bits per heavy atom. The molecule has 11 heavy (non-hydrogen) atoms. The van der Waals surface area contributed by atoms with Gasteiger partial charge in [0.25, 0.3) is 0 Å². The lowest BCUT2D eigenvalue weighted by molar-refractivity contribution is 0.580. The average molecular weight is 146 g/mol. The van der Waals surface area contributed by atoms with Crippen molar-refractivity contribution < 1.29 is 4.42 Å². The van der Waals surface area contributed by atoms with Crippen LogP contribution in [0.4, 0.5) is 0 Å². The SMILES string of the molecule is c1coc(-c2ccncn2)c1.